The first-order valence-electron chi connectivity index (χ1n) is 10.1. The van der Waals surface area contributed by atoms with Crippen LogP contribution in [0, 0.1) is 0 Å². The van der Waals surface area contributed by atoms with Crippen LogP contribution in [0.1, 0.15) is 38.3 Å². The van der Waals surface area contributed by atoms with Gasteiger partial charge in [-0.25, -0.2) is 9.59 Å². The van der Waals surface area contributed by atoms with Crippen molar-refractivity contribution in [2.24, 2.45) is 0 Å². The van der Waals surface area contributed by atoms with Gasteiger partial charge in [0, 0.05) is 25.2 Å². The zero-order valence-corrected chi connectivity index (χ0v) is 21.1. The summed E-state index contributed by atoms with van der Waals surface area (Å²) in [5.41, 5.74) is 6.64. The second-order valence-corrected chi connectivity index (χ2v) is 7.89. The van der Waals surface area contributed by atoms with Gasteiger partial charge >= 0.3 is 11.9 Å². The molecule has 2 N–H and O–H groups in total. The molecule has 0 saturated carbocycles. The minimum absolute atomic E-state index is 0.230. The third kappa shape index (κ3) is 7.55. The van der Waals surface area contributed by atoms with Gasteiger partial charge in [-0.15, -0.1) is 0 Å². The molecule has 0 heterocycles. The van der Waals surface area contributed by atoms with E-state index in [1.54, 1.807) is 36.4 Å². The zero-order valence-electron chi connectivity index (χ0n) is 19.5. The van der Waals surface area contributed by atoms with Crippen LogP contribution in [-0.2, 0) is 19.1 Å². The minimum Gasteiger partial charge on any atom is -0.465 e. The maximum absolute atomic E-state index is 12.3. The van der Waals surface area contributed by atoms with E-state index in [-0.39, 0.29) is 9.98 Å². The Morgan fingerprint density at radius 1 is 0.714 bits per heavy atom. The Morgan fingerprint density at radius 3 is 1.40 bits per heavy atom. The fourth-order valence-corrected chi connectivity index (χ4v) is 3.23. The summed E-state index contributed by atoms with van der Waals surface area (Å²) in [4.78, 5) is 48.6. The van der Waals surface area contributed by atoms with Gasteiger partial charge in [0.2, 0.25) is 11.8 Å². The lowest BCUT2D eigenvalue weighted by molar-refractivity contribution is -0.132. The van der Waals surface area contributed by atoms with Crippen LogP contribution in [0.15, 0.2) is 48.5 Å². The number of benzene rings is 2. The van der Waals surface area contributed by atoms with E-state index in [4.69, 9.17) is 33.9 Å². The molecular formula is C23H24N4O6S2. The minimum atomic E-state index is -0.622. The molecule has 0 spiro atoms. The number of carbonyl (C=O) groups is 4. The molecule has 0 aliphatic rings. The lowest BCUT2D eigenvalue weighted by Crippen LogP contribution is -2.47. The number of hydrogen-bond acceptors (Lipinski definition) is 8. The van der Waals surface area contributed by atoms with Gasteiger partial charge in [0.15, 0.2) is 0 Å². The largest absolute Gasteiger partial charge is 0.465 e. The molecule has 10 nitrogen and oxygen atoms in total. The molecule has 0 saturated heterocycles. The first-order valence-corrected chi connectivity index (χ1v) is 10.9. The number of rotatable bonds is 6. The van der Waals surface area contributed by atoms with E-state index >= 15 is 0 Å². The third-order valence-electron chi connectivity index (χ3n) is 4.58. The number of hydrogen-bond donors (Lipinski definition) is 2. The number of nitrogens with one attached hydrogen (secondary N) is 2. The van der Waals surface area contributed by atoms with E-state index in [0.717, 1.165) is 0 Å². The van der Waals surface area contributed by atoms with Crippen LogP contribution in [0.4, 0.5) is 0 Å². The lowest BCUT2D eigenvalue weighted by Gasteiger charge is -2.23. The quantitative estimate of drug-likeness (QED) is 0.254. The number of thiocarbonyl (C=S) groups is 2. The maximum atomic E-state index is 12.3. The summed E-state index contributed by atoms with van der Waals surface area (Å²) < 4.78 is 9.39. The molecule has 0 aromatic heterocycles. The fraction of sp³-hybridized carbons (Fsp3) is 0.217. The van der Waals surface area contributed by atoms with Gasteiger partial charge in [-0.1, -0.05) is 48.7 Å². The van der Waals surface area contributed by atoms with Crippen LogP contribution in [0.25, 0.3) is 0 Å². The van der Waals surface area contributed by atoms with Gasteiger partial charge < -0.3 is 9.47 Å². The number of carbonyl (C=O) groups excluding carboxylic acids is 4. The normalized spacial score (nSPS) is 9.94. The number of amides is 2. The average molecular weight is 517 g/mol. The first-order chi connectivity index (χ1) is 16.6. The number of nitrogens with zero attached hydrogens (tertiary/aromatic N) is 2. The molecule has 2 amide bonds. The monoisotopic (exact) mass is 516 g/mol. The summed E-state index contributed by atoms with van der Waals surface area (Å²) in [5, 5.41) is 2.54. The molecule has 2 rings (SSSR count). The molecule has 0 atom stereocenters. The molecular weight excluding hydrogens is 492 g/mol. The van der Waals surface area contributed by atoms with Crippen LogP contribution in [0.2, 0.25) is 0 Å². The van der Waals surface area contributed by atoms with Gasteiger partial charge in [-0.2, -0.15) is 0 Å². The second-order valence-electron chi connectivity index (χ2n) is 7.12. The summed E-state index contributed by atoms with van der Waals surface area (Å²) in [7, 11) is 5.57. The van der Waals surface area contributed by atoms with Crippen molar-refractivity contribution in [2.75, 3.05) is 28.3 Å². The fourth-order valence-electron chi connectivity index (χ4n) is 2.88. The summed E-state index contributed by atoms with van der Waals surface area (Å²) in [6.07, 6.45) is -0.510. The molecule has 184 valence electrons. The zero-order chi connectivity index (χ0) is 26.1. The van der Waals surface area contributed by atoms with E-state index < -0.39 is 30.2 Å². The Hall–Kier alpha value is -3.90. The summed E-state index contributed by atoms with van der Waals surface area (Å²) in [5.74, 6) is -2.28. The predicted octanol–water partition coefficient (Wildman–Crippen LogP) is 1.63. The average Bonchev–Trinajstić information content (AvgIpc) is 2.86. The molecule has 2 aromatic rings. The smallest absolute Gasteiger partial charge is 0.337 e. The number of esters is 2. The van der Waals surface area contributed by atoms with Crippen LogP contribution in [-0.4, -0.2) is 72.1 Å². The summed E-state index contributed by atoms with van der Waals surface area (Å²) in [6.45, 7) is 0. The Kier molecular flexibility index (Phi) is 9.79. The highest BCUT2D eigenvalue weighted by Crippen LogP contribution is 2.11. The van der Waals surface area contributed by atoms with Crippen LogP contribution in [0.5, 0.6) is 0 Å². The maximum Gasteiger partial charge on any atom is 0.337 e. The van der Waals surface area contributed by atoms with Crippen molar-refractivity contribution in [3.05, 3.63) is 70.8 Å². The number of hydrazine groups is 2. The number of methoxy groups -OCH3 is 2. The van der Waals surface area contributed by atoms with Crippen molar-refractivity contribution in [1.29, 1.82) is 0 Å². The van der Waals surface area contributed by atoms with Crippen molar-refractivity contribution in [3.63, 3.8) is 0 Å². The van der Waals surface area contributed by atoms with E-state index in [0.29, 0.717) is 22.3 Å². The first kappa shape index (κ1) is 27.3. The highest BCUT2D eigenvalue weighted by Gasteiger charge is 2.18. The molecule has 0 fully saturated rings. The van der Waals surface area contributed by atoms with Gasteiger partial charge in [0.25, 0.3) is 0 Å². The molecule has 0 bridgehead atoms. The van der Waals surface area contributed by atoms with E-state index in [1.807, 2.05) is 0 Å². The van der Waals surface area contributed by atoms with E-state index in [1.165, 1.54) is 50.5 Å². The third-order valence-corrected chi connectivity index (χ3v) is 5.60. The predicted molar refractivity (Wildman–Crippen MR) is 135 cm³/mol. The SMILES string of the molecule is COC(=O)c1cccc(C(=S)N(C)NC(=O)CC(=O)NN(C)C(=S)c2cccc(C(=O)OC)c2)c1. The Balaban J connectivity index is 1.93. The topological polar surface area (TPSA) is 117 Å². The van der Waals surface area contributed by atoms with Crippen LogP contribution in [0.3, 0.4) is 0 Å². The van der Waals surface area contributed by atoms with E-state index in [9.17, 15) is 19.2 Å². The van der Waals surface area contributed by atoms with Crippen LogP contribution < -0.4 is 10.9 Å². The van der Waals surface area contributed by atoms with Crippen molar-refractivity contribution in [3.8, 4) is 0 Å². The molecule has 2 aromatic carbocycles. The van der Waals surface area contributed by atoms with Gasteiger partial charge in [-0.3, -0.25) is 30.5 Å². The molecule has 0 aliphatic heterocycles. The van der Waals surface area contributed by atoms with Crippen LogP contribution >= 0.6 is 24.4 Å². The molecule has 0 radical (unpaired) electrons. The van der Waals surface area contributed by atoms with E-state index in [2.05, 4.69) is 10.9 Å². The van der Waals surface area contributed by atoms with Crippen molar-refractivity contribution >= 4 is 58.2 Å². The van der Waals surface area contributed by atoms with Gasteiger partial charge in [0.05, 0.1) is 25.3 Å². The van der Waals surface area contributed by atoms with Crippen molar-refractivity contribution < 1.29 is 28.7 Å². The van der Waals surface area contributed by atoms with Crippen molar-refractivity contribution in [1.82, 2.24) is 20.9 Å². The standard InChI is InChI=1S/C23H24N4O6S2/c1-26(20(34)14-7-5-9-16(11-14)22(30)32-3)24-18(28)13-19(29)25-27(2)21(35)15-8-6-10-17(12-15)23(31)33-4/h5-12H,13H2,1-4H3,(H,24,28)(H,25,29). The molecule has 0 unspecified atom stereocenters. The van der Waals surface area contributed by atoms with Gasteiger partial charge in [0.1, 0.15) is 16.4 Å². The highest BCUT2D eigenvalue weighted by molar-refractivity contribution is 7.80. The second kappa shape index (κ2) is 12.5. The number of ether oxygens (including phenoxy) is 2. The lowest BCUT2D eigenvalue weighted by atomic mass is 10.1. The molecule has 0 aliphatic carbocycles. The highest BCUT2D eigenvalue weighted by atomic mass is 32.1. The van der Waals surface area contributed by atoms with Crippen molar-refractivity contribution in [2.45, 2.75) is 6.42 Å². The molecule has 35 heavy (non-hydrogen) atoms. The molecule has 12 heteroatoms. The van der Waals surface area contributed by atoms with Gasteiger partial charge in [-0.05, 0) is 24.3 Å². The Morgan fingerprint density at radius 2 is 1.06 bits per heavy atom. The summed E-state index contributed by atoms with van der Waals surface area (Å²) in [6, 6.07) is 12.8. The Labute approximate surface area is 213 Å². The summed E-state index contributed by atoms with van der Waals surface area (Å²) >= 11 is 10.7. The Bertz CT molecular complexity index is 1080.